The minimum Gasteiger partial charge on any atom is -0.457 e. The molecule has 0 aliphatic rings. The predicted octanol–water partition coefficient (Wildman–Crippen LogP) is 4.33. The number of nitro groups is 1. The second-order valence-electron chi connectivity index (χ2n) is 7.24. The first-order chi connectivity index (χ1) is 16.1. The van der Waals surface area contributed by atoms with Crippen molar-refractivity contribution < 1.29 is 9.66 Å². The van der Waals surface area contributed by atoms with Gasteiger partial charge in [-0.2, -0.15) is 5.10 Å². The van der Waals surface area contributed by atoms with Crippen molar-refractivity contribution in [3.63, 3.8) is 0 Å². The van der Waals surface area contributed by atoms with Gasteiger partial charge in [0.15, 0.2) is 5.65 Å². The van der Waals surface area contributed by atoms with Gasteiger partial charge in [-0.3, -0.25) is 19.5 Å². The van der Waals surface area contributed by atoms with Crippen LogP contribution in [0.25, 0.3) is 16.7 Å². The molecule has 2 heterocycles. The Morgan fingerprint density at radius 3 is 2.48 bits per heavy atom. The van der Waals surface area contributed by atoms with Gasteiger partial charge >= 0.3 is 0 Å². The molecule has 0 radical (unpaired) electrons. The van der Waals surface area contributed by atoms with Gasteiger partial charge in [0.25, 0.3) is 11.2 Å². The van der Waals surface area contributed by atoms with Gasteiger partial charge in [-0.05, 0) is 24.3 Å². The molecule has 5 aromatic rings. The van der Waals surface area contributed by atoms with Gasteiger partial charge in [-0.25, -0.2) is 9.67 Å². The third-order valence-electron chi connectivity index (χ3n) is 5.15. The lowest BCUT2D eigenvalue weighted by molar-refractivity contribution is -0.384. The summed E-state index contributed by atoms with van der Waals surface area (Å²) >= 11 is 0. The highest BCUT2D eigenvalue weighted by molar-refractivity contribution is 5.76. The summed E-state index contributed by atoms with van der Waals surface area (Å²) in [7, 11) is 0. The average Bonchev–Trinajstić information content (AvgIpc) is 3.27. The molecular formula is C24H17N5O4. The maximum absolute atomic E-state index is 13.2. The predicted molar refractivity (Wildman–Crippen MR) is 122 cm³/mol. The number of nitro benzene ring substituents is 1. The Morgan fingerprint density at radius 2 is 1.67 bits per heavy atom. The number of benzene rings is 3. The fourth-order valence-corrected chi connectivity index (χ4v) is 3.57. The number of ether oxygens (including phenoxy) is 1. The summed E-state index contributed by atoms with van der Waals surface area (Å²) in [5.74, 6) is 1.32. The third kappa shape index (κ3) is 3.83. The Hall–Kier alpha value is -4.79. The second kappa shape index (κ2) is 8.39. The number of para-hydroxylation sites is 4. The van der Waals surface area contributed by atoms with Gasteiger partial charge in [0.05, 0.1) is 17.7 Å². The summed E-state index contributed by atoms with van der Waals surface area (Å²) in [6.45, 7) is 0.238. The van der Waals surface area contributed by atoms with E-state index in [-0.39, 0.29) is 34.5 Å². The van der Waals surface area contributed by atoms with E-state index in [1.807, 2.05) is 54.6 Å². The van der Waals surface area contributed by atoms with Crippen molar-refractivity contribution in [3.05, 3.63) is 117 Å². The van der Waals surface area contributed by atoms with E-state index in [0.29, 0.717) is 11.5 Å². The van der Waals surface area contributed by atoms with Crippen LogP contribution in [0.2, 0.25) is 0 Å². The molecule has 0 aliphatic heterocycles. The lowest BCUT2D eigenvalue weighted by Crippen LogP contribution is -2.21. The number of fused-ring (bicyclic) bond motifs is 1. The molecule has 5 rings (SSSR count). The first kappa shape index (κ1) is 20.1. The largest absolute Gasteiger partial charge is 0.457 e. The van der Waals surface area contributed by atoms with E-state index in [1.54, 1.807) is 18.2 Å². The molecule has 0 fully saturated rings. The molecule has 9 nitrogen and oxygen atoms in total. The van der Waals surface area contributed by atoms with Crippen molar-refractivity contribution in [1.82, 2.24) is 19.3 Å². The maximum Gasteiger partial charge on any atom is 0.294 e. The molecule has 0 unspecified atom stereocenters. The molecule has 2 aromatic heterocycles. The normalized spacial score (nSPS) is 10.9. The summed E-state index contributed by atoms with van der Waals surface area (Å²) < 4.78 is 8.76. The van der Waals surface area contributed by atoms with Crippen LogP contribution in [0.4, 0.5) is 5.69 Å². The van der Waals surface area contributed by atoms with Crippen molar-refractivity contribution in [3.8, 4) is 17.2 Å². The van der Waals surface area contributed by atoms with Gasteiger partial charge in [-0.15, -0.1) is 0 Å². The molecule has 0 saturated heterocycles. The van der Waals surface area contributed by atoms with Crippen molar-refractivity contribution in [2.24, 2.45) is 0 Å². The zero-order valence-corrected chi connectivity index (χ0v) is 17.2. The molecule has 0 amide bonds. The van der Waals surface area contributed by atoms with Crippen molar-refractivity contribution in [1.29, 1.82) is 0 Å². The molecule has 0 aliphatic carbocycles. The molecule has 0 atom stereocenters. The third-order valence-corrected chi connectivity index (χ3v) is 5.15. The smallest absolute Gasteiger partial charge is 0.294 e. The van der Waals surface area contributed by atoms with Crippen LogP contribution in [-0.4, -0.2) is 24.3 Å². The van der Waals surface area contributed by atoms with E-state index < -0.39 is 4.92 Å². The summed E-state index contributed by atoms with van der Waals surface area (Å²) in [6.07, 6.45) is 2.79. The number of rotatable bonds is 6. The highest BCUT2D eigenvalue weighted by Crippen LogP contribution is 2.26. The van der Waals surface area contributed by atoms with E-state index >= 15 is 0 Å². The summed E-state index contributed by atoms with van der Waals surface area (Å²) in [4.78, 5) is 28.5. The van der Waals surface area contributed by atoms with Crippen LogP contribution in [0.15, 0.2) is 96.2 Å². The molecule has 0 spiro atoms. The number of hydrogen-bond acceptors (Lipinski definition) is 6. The van der Waals surface area contributed by atoms with Crippen LogP contribution in [0.3, 0.4) is 0 Å². The number of nitrogens with zero attached hydrogens (tertiary/aromatic N) is 5. The zero-order valence-electron chi connectivity index (χ0n) is 17.2. The molecular weight excluding hydrogens is 422 g/mol. The fraction of sp³-hybridized carbons (Fsp3) is 0.0417. The van der Waals surface area contributed by atoms with Gasteiger partial charge in [0, 0.05) is 11.6 Å². The summed E-state index contributed by atoms with van der Waals surface area (Å²) in [5.41, 5.74) is 0.860. The van der Waals surface area contributed by atoms with Crippen LogP contribution in [0.1, 0.15) is 5.56 Å². The monoisotopic (exact) mass is 439 g/mol. The van der Waals surface area contributed by atoms with Gasteiger partial charge in [-0.1, -0.05) is 48.5 Å². The van der Waals surface area contributed by atoms with Crippen LogP contribution in [-0.2, 0) is 6.54 Å². The van der Waals surface area contributed by atoms with E-state index in [4.69, 9.17) is 4.74 Å². The van der Waals surface area contributed by atoms with Crippen molar-refractivity contribution >= 4 is 16.7 Å². The molecule has 0 saturated carbocycles. The van der Waals surface area contributed by atoms with Crippen LogP contribution in [0, 0.1) is 10.1 Å². The van der Waals surface area contributed by atoms with Gasteiger partial charge < -0.3 is 4.74 Å². The average molecular weight is 439 g/mol. The molecule has 162 valence electrons. The SMILES string of the molecule is O=c1c2cnn(-c3ccccc3[N+](=O)[O-])c2ncn1Cc1ccccc1Oc1ccccc1. The molecule has 33 heavy (non-hydrogen) atoms. The van der Waals surface area contributed by atoms with Crippen LogP contribution < -0.4 is 10.3 Å². The Labute approximate surface area is 187 Å². The number of aromatic nitrogens is 4. The highest BCUT2D eigenvalue weighted by atomic mass is 16.6. The molecule has 0 N–H and O–H groups in total. The molecule has 3 aromatic carbocycles. The summed E-state index contributed by atoms with van der Waals surface area (Å²) in [5, 5.41) is 15.9. The first-order valence-electron chi connectivity index (χ1n) is 10.1. The van der Waals surface area contributed by atoms with E-state index in [1.165, 1.54) is 27.8 Å². The number of hydrogen-bond donors (Lipinski definition) is 0. The molecule has 9 heteroatoms. The lowest BCUT2D eigenvalue weighted by atomic mass is 10.2. The van der Waals surface area contributed by atoms with Crippen LogP contribution in [0.5, 0.6) is 11.5 Å². The van der Waals surface area contributed by atoms with Gasteiger partial charge in [0.1, 0.15) is 28.9 Å². The zero-order chi connectivity index (χ0) is 22.8. The Balaban J connectivity index is 1.52. The molecule has 0 bridgehead atoms. The topological polar surface area (TPSA) is 105 Å². The van der Waals surface area contributed by atoms with E-state index in [9.17, 15) is 14.9 Å². The second-order valence-corrected chi connectivity index (χ2v) is 7.24. The van der Waals surface area contributed by atoms with Crippen molar-refractivity contribution in [2.75, 3.05) is 0 Å². The Kier molecular flexibility index (Phi) is 5.12. The first-order valence-corrected chi connectivity index (χ1v) is 10.1. The minimum absolute atomic E-state index is 0.125. The standard InChI is InChI=1S/C24H17N5O4/c30-24-19-14-26-28(20-11-5-6-12-21(20)29(31)32)23(19)25-16-27(24)15-17-8-4-7-13-22(17)33-18-9-2-1-3-10-18/h1-14,16H,15H2. The van der Waals surface area contributed by atoms with Gasteiger partial charge in [0.2, 0.25) is 0 Å². The fourth-order valence-electron chi connectivity index (χ4n) is 3.57. The summed E-state index contributed by atoms with van der Waals surface area (Å²) in [6, 6.07) is 23.0. The van der Waals surface area contributed by atoms with Crippen molar-refractivity contribution in [2.45, 2.75) is 6.54 Å². The van der Waals surface area contributed by atoms with E-state index in [0.717, 1.165) is 5.56 Å². The maximum atomic E-state index is 13.2. The highest BCUT2D eigenvalue weighted by Gasteiger charge is 2.19. The van der Waals surface area contributed by atoms with Crippen LogP contribution >= 0.6 is 0 Å². The Morgan fingerprint density at radius 1 is 0.939 bits per heavy atom. The minimum atomic E-state index is -0.492. The lowest BCUT2D eigenvalue weighted by Gasteiger charge is -2.12. The quantitative estimate of drug-likeness (QED) is 0.288. The Bertz CT molecular complexity index is 1530. The van der Waals surface area contributed by atoms with E-state index in [2.05, 4.69) is 10.1 Å².